The highest BCUT2D eigenvalue weighted by Crippen LogP contribution is 2.24. The number of thioether (sulfide) groups is 1. The van der Waals surface area contributed by atoms with Gasteiger partial charge in [-0.1, -0.05) is 35.2 Å². The van der Waals surface area contributed by atoms with Gasteiger partial charge < -0.3 is 10.1 Å². The number of nitro benzene ring substituents is 1. The Morgan fingerprint density at radius 1 is 1.26 bits per heavy atom. The van der Waals surface area contributed by atoms with Gasteiger partial charge in [-0.2, -0.15) is 0 Å². The highest BCUT2D eigenvalue weighted by Gasteiger charge is 2.22. The van der Waals surface area contributed by atoms with Gasteiger partial charge in [0.2, 0.25) is 0 Å². The maximum atomic E-state index is 12.4. The summed E-state index contributed by atoms with van der Waals surface area (Å²) >= 11 is 8.17. The standard InChI is InChI=1S/C19H16N4O5S3/c1-11(16(24)20-14-5-3-4-6-15(14)23(26)27)28-17(25)12-7-9-13(10-8-12)22-19(29)31-18(21-22)30-2/h3-11H,1-2H3,(H,20,24). The highest BCUT2D eigenvalue weighted by atomic mass is 32.2. The van der Waals surface area contributed by atoms with E-state index in [1.807, 2.05) is 6.26 Å². The summed E-state index contributed by atoms with van der Waals surface area (Å²) in [6, 6.07) is 12.1. The fraction of sp³-hybridized carbons (Fsp3) is 0.158. The lowest BCUT2D eigenvalue weighted by Crippen LogP contribution is -2.30. The van der Waals surface area contributed by atoms with E-state index in [9.17, 15) is 19.7 Å². The monoisotopic (exact) mass is 476 g/mol. The van der Waals surface area contributed by atoms with Crippen LogP contribution in [-0.4, -0.2) is 38.9 Å². The molecule has 1 atom stereocenters. The normalized spacial score (nSPS) is 11.5. The van der Waals surface area contributed by atoms with Gasteiger partial charge in [0.15, 0.2) is 14.4 Å². The number of hydrogen-bond donors (Lipinski definition) is 1. The van der Waals surface area contributed by atoms with E-state index in [1.54, 1.807) is 35.0 Å². The molecule has 0 aliphatic carbocycles. The van der Waals surface area contributed by atoms with Crippen molar-refractivity contribution in [2.75, 3.05) is 11.6 Å². The molecule has 9 nitrogen and oxygen atoms in total. The molecule has 3 aromatic rings. The summed E-state index contributed by atoms with van der Waals surface area (Å²) in [4.78, 5) is 35.2. The largest absolute Gasteiger partial charge is 0.449 e. The van der Waals surface area contributed by atoms with Gasteiger partial charge in [-0.25, -0.2) is 9.48 Å². The number of carbonyl (C=O) groups is 2. The number of carbonyl (C=O) groups excluding carboxylic acids is 2. The SMILES string of the molecule is CSc1nn(-c2ccc(C(=O)OC(C)C(=O)Nc3ccccc3[N+](=O)[O-])cc2)c(=S)s1. The number of para-hydroxylation sites is 2. The Morgan fingerprint density at radius 3 is 2.55 bits per heavy atom. The van der Waals surface area contributed by atoms with Crippen LogP contribution in [-0.2, 0) is 9.53 Å². The molecule has 0 bridgehead atoms. The third-order valence-corrected chi connectivity index (χ3v) is 6.27. The van der Waals surface area contributed by atoms with Crippen LogP contribution in [0.4, 0.5) is 11.4 Å². The molecule has 160 valence electrons. The van der Waals surface area contributed by atoms with Crippen molar-refractivity contribution in [1.29, 1.82) is 0 Å². The number of anilines is 1. The molecule has 0 aliphatic rings. The molecular formula is C19H16N4O5S3. The Kier molecular flexibility index (Phi) is 7.15. The van der Waals surface area contributed by atoms with Gasteiger partial charge in [0.05, 0.1) is 16.2 Å². The van der Waals surface area contributed by atoms with E-state index in [0.717, 1.165) is 4.34 Å². The van der Waals surface area contributed by atoms with E-state index in [-0.39, 0.29) is 16.9 Å². The second-order valence-electron chi connectivity index (χ2n) is 6.11. The van der Waals surface area contributed by atoms with Crippen molar-refractivity contribution in [3.63, 3.8) is 0 Å². The van der Waals surface area contributed by atoms with Crippen molar-refractivity contribution in [2.45, 2.75) is 17.4 Å². The number of esters is 1. The zero-order valence-electron chi connectivity index (χ0n) is 16.3. The molecule has 1 heterocycles. The van der Waals surface area contributed by atoms with Crippen LogP contribution in [0.5, 0.6) is 0 Å². The quantitative estimate of drug-likeness (QED) is 0.174. The lowest BCUT2D eigenvalue weighted by molar-refractivity contribution is -0.383. The molecule has 1 amide bonds. The predicted octanol–water partition coefficient (Wildman–Crippen LogP) is 4.48. The van der Waals surface area contributed by atoms with E-state index in [4.69, 9.17) is 17.0 Å². The van der Waals surface area contributed by atoms with Crippen LogP contribution in [0.15, 0.2) is 52.9 Å². The van der Waals surface area contributed by atoms with Crippen molar-refractivity contribution in [1.82, 2.24) is 9.78 Å². The molecule has 2 aromatic carbocycles. The Bertz CT molecular complexity index is 1190. The Balaban J connectivity index is 1.67. The lowest BCUT2D eigenvalue weighted by atomic mass is 10.2. The topological polar surface area (TPSA) is 116 Å². The van der Waals surface area contributed by atoms with Crippen molar-refractivity contribution in [3.8, 4) is 5.69 Å². The zero-order chi connectivity index (χ0) is 22.5. The van der Waals surface area contributed by atoms with Gasteiger partial charge >= 0.3 is 5.97 Å². The molecule has 0 spiro atoms. The third kappa shape index (κ3) is 5.34. The molecule has 0 aliphatic heterocycles. The van der Waals surface area contributed by atoms with E-state index in [2.05, 4.69) is 10.4 Å². The number of ether oxygens (including phenoxy) is 1. The summed E-state index contributed by atoms with van der Waals surface area (Å²) in [7, 11) is 0. The fourth-order valence-electron chi connectivity index (χ4n) is 2.50. The van der Waals surface area contributed by atoms with E-state index in [0.29, 0.717) is 9.64 Å². The average Bonchev–Trinajstić information content (AvgIpc) is 3.14. The van der Waals surface area contributed by atoms with Crippen LogP contribution in [0, 0.1) is 14.1 Å². The molecule has 0 fully saturated rings. The van der Waals surface area contributed by atoms with Gasteiger partial charge in [-0.05, 0) is 55.7 Å². The molecule has 0 saturated heterocycles. The van der Waals surface area contributed by atoms with Crippen LogP contribution >= 0.6 is 35.3 Å². The summed E-state index contributed by atoms with van der Waals surface area (Å²) in [5, 5.41) is 17.9. The fourth-order valence-corrected chi connectivity index (χ4v) is 4.28. The minimum Gasteiger partial charge on any atom is -0.449 e. The molecule has 3 rings (SSSR count). The van der Waals surface area contributed by atoms with Crippen molar-refractivity contribution in [3.05, 3.63) is 68.2 Å². The summed E-state index contributed by atoms with van der Waals surface area (Å²) in [5.41, 5.74) is 0.700. The number of nitro groups is 1. The van der Waals surface area contributed by atoms with Crippen LogP contribution < -0.4 is 5.32 Å². The summed E-state index contributed by atoms with van der Waals surface area (Å²) in [5.74, 6) is -1.39. The number of nitrogens with one attached hydrogen (secondary N) is 1. The number of nitrogens with zero attached hydrogens (tertiary/aromatic N) is 3. The average molecular weight is 477 g/mol. The van der Waals surface area contributed by atoms with Crippen LogP contribution in [0.3, 0.4) is 0 Å². The van der Waals surface area contributed by atoms with Crippen LogP contribution in [0.2, 0.25) is 0 Å². The Morgan fingerprint density at radius 2 is 1.94 bits per heavy atom. The maximum Gasteiger partial charge on any atom is 0.338 e. The van der Waals surface area contributed by atoms with Crippen molar-refractivity contribution >= 4 is 58.6 Å². The first-order chi connectivity index (χ1) is 14.8. The second kappa shape index (κ2) is 9.81. The molecular weight excluding hydrogens is 460 g/mol. The van der Waals surface area contributed by atoms with Gasteiger partial charge in [0.1, 0.15) is 5.69 Å². The van der Waals surface area contributed by atoms with Crippen LogP contribution in [0.25, 0.3) is 5.69 Å². The Labute approximate surface area is 190 Å². The first-order valence-corrected chi connectivity index (χ1v) is 11.2. The zero-order valence-corrected chi connectivity index (χ0v) is 18.8. The smallest absolute Gasteiger partial charge is 0.338 e. The molecule has 12 heteroatoms. The second-order valence-corrected chi connectivity index (χ2v) is 8.78. The molecule has 0 saturated carbocycles. The highest BCUT2D eigenvalue weighted by molar-refractivity contribution is 8.00. The van der Waals surface area contributed by atoms with E-state index in [1.165, 1.54) is 48.2 Å². The Hall–Kier alpha value is -3.09. The van der Waals surface area contributed by atoms with Gasteiger partial charge in [0, 0.05) is 6.07 Å². The lowest BCUT2D eigenvalue weighted by Gasteiger charge is -2.14. The minimum absolute atomic E-state index is 0.0226. The first-order valence-electron chi connectivity index (χ1n) is 8.80. The maximum absolute atomic E-state index is 12.4. The third-order valence-electron chi connectivity index (χ3n) is 4.06. The number of hydrogen-bond acceptors (Lipinski definition) is 9. The molecule has 0 radical (unpaired) electrons. The molecule has 31 heavy (non-hydrogen) atoms. The summed E-state index contributed by atoms with van der Waals surface area (Å²) in [6.07, 6.45) is 0.743. The van der Waals surface area contributed by atoms with Gasteiger partial charge in [-0.15, -0.1) is 5.10 Å². The number of aromatic nitrogens is 2. The number of benzene rings is 2. The molecule has 1 N–H and O–H groups in total. The van der Waals surface area contributed by atoms with Crippen molar-refractivity contribution < 1.29 is 19.2 Å². The van der Waals surface area contributed by atoms with Crippen molar-refractivity contribution in [2.24, 2.45) is 0 Å². The minimum atomic E-state index is -1.16. The van der Waals surface area contributed by atoms with E-state index >= 15 is 0 Å². The molecule has 1 unspecified atom stereocenters. The molecule has 1 aromatic heterocycles. The van der Waals surface area contributed by atoms with Crippen LogP contribution in [0.1, 0.15) is 17.3 Å². The summed E-state index contributed by atoms with van der Waals surface area (Å²) < 4.78 is 8.21. The van der Waals surface area contributed by atoms with Gasteiger partial charge in [0.25, 0.3) is 11.6 Å². The first kappa shape index (κ1) is 22.6. The number of rotatable bonds is 7. The van der Waals surface area contributed by atoms with Gasteiger partial charge in [-0.3, -0.25) is 14.9 Å². The number of amides is 1. The predicted molar refractivity (Wildman–Crippen MR) is 121 cm³/mol. The summed E-state index contributed by atoms with van der Waals surface area (Å²) in [6.45, 7) is 1.38. The van der Waals surface area contributed by atoms with E-state index < -0.39 is 22.9 Å².